The second kappa shape index (κ2) is 8.74. The van der Waals surface area contributed by atoms with Gasteiger partial charge >= 0.3 is 5.97 Å². The van der Waals surface area contributed by atoms with Gasteiger partial charge in [0.2, 0.25) is 11.8 Å². The maximum Gasteiger partial charge on any atom is 0.335 e. The fourth-order valence-electron chi connectivity index (χ4n) is 2.48. The van der Waals surface area contributed by atoms with Crippen molar-refractivity contribution in [3.05, 3.63) is 57.7 Å². The van der Waals surface area contributed by atoms with Crippen molar-refractivity contribution in [3.8, 4) is 0 Å². The summed E-state index contributed by atoms with van der Waals surface area (Å²) in [7, 11) is 1.63. The summed E-state index contributed by atoms with van der Waals surface area (Å²) in [4.78, 5) is 42.0. The number of amidine groups is 1. The molecule has 0 saturated carbocycles. The highest BCUT2D eigenvalue weighted by molar-refractivity contribution is 14.1. The Bertz CT molecular complexity index is 962. The number of halogens is 1. The molecule has 2 amide bonds. The zero-order valence-corrected chi connectivity index (χ0v) is 17.7. The quantitative estimate of drug-likeness (QED) is 0.615. The number of hydrogen-bond acceptors (Lipinski definition) is 5. The van der Waals surface area contributed by atoms with Gasteiger partial charge in [0.05, 0.1) is 11.3 Å². The minimum Gasteiger partial charge on any atom is -0.478 e. The van der Waals surface area contributed by atoms with Crippen LogP contribution in [0.3, 0.4) is 0 Å². The van der Waals surface area contributed by atoms with E-state index in [0.717, 1.165) is 3.57 Å². The number of aliphatic imine (C=N–C) groups is 1. The van der Waals surface area contributed by atoms with Gasteiger partial charge in [0.15, 0.2) is 5.17 Å². The number of hydrogen-bond donors (Lipinski definition) is 2. The first-order chi connectivity index (χ1) is 13.3. The molecule has 0 spiro atoms. The van der Waals surface area contributed by atoms with E-state index in [1.165, 1.54) is 28.8 Å². The van der Waals surface area contributed by atoms with Crippen molar-refractivity contribution < 1.29 is 19.5 Å². The van der Waals surface area contributed by atoms with Crippen molar-refractivity contribution in [2.75, 3.05) is 12.4 Å². The lowest BCUT2D eigenvalue weighted by Gasteiger charge is -2.28. The minimum absolute atomic E-state index is 0.0390. The van der Waals surface area contributed by atoms with Gasteiger partial charge in [0.25, 0.3) is 0 Å². The van der Waals surface area contributed by atoms with Crippen LogP contribution in [0.4, 0.5) is 11.4 Å². The number of carboxylic acids is 1. The third-order valence-electron chi connectivity index (χ3n) is 3.99. The fourth-order valence-corrected chi connectivity index (χ4v) is 3.90. The van der Waals surface area contributed by atoms with Crippen molar-refractivity contribution in [3.63, 3.8) is 0 Å². The molecule has 2 aromatic rings. The highest BCUT2D eigenvalue weighted by atomic mass is 127. The maximum absolute atomic E-state index is 12.6. The molecule has 0 bridgehead atoms. The standard InChI is InChI=1S/C19H16IN3O4S/c1-23-16(24)10-15(28-19(23)22-13-7-5-12(20)6-8-13)17(25)21-14-4-2-3-11(9-14)18(26)27/h2-9,15H,10H2,1H3,(H,21,25)(H,26,27). The van der Waals surface area contributed by atoms with Gasteiger partial charge in [-0.2, -0.15) is 0 Å². The second-order valence-electron chi connectivity index (χ2n) is 6.01. The number of rotatable bonds is 4. The molecule has 2 N–H and O–H groups in total. The van der Waals surface area contributed by atoms with Crippen LogP contribution in [0.2, 0.25) is 0 Å². The van der Waals surface area contributed by atoms with Crippen molar-refractivity contribution in [2.45, 2.75) is 11.7 Å². The van der Waals surface area contributed by atoms with Crippen LogP contribution in [0.25, 0.3) is 0 Å². The van der Waals surface area contributed by atoms with E-state index in [0.29, 0.717) is 16.5 Å². The van der Waals surface area contributed by atoms with Crippen molar-refractivity contribution >= 4 is 68.7 Å². The molecule has 1 aliphatic rings. The first-order valence-corrected chi connectivity index (χ1v) is 10.2. The Kier molecular flexibility index (Phi) is 6.35. The average molecular weight is 509 g/mol. The number of nitrogens with zero attached hydrogens (tertiary/aromatic N) is 2. The third kappa shape index (κ3) is 4.90. The lowest BCUT2D eigenvalue weighted by molar-refractivity contribution is -0.128. The summed E-state index contributed by atoms with van der Waals surface area (Å²) in [5.41, 5.74) is 1.14. The predicted molar refractivity (Wildman–Crippen MR) is 117 cm³/mol. The fraction of sp³-hybridized carbons (Fsp3) is 0.158. The molecule has 7 nitrogen and oxygen atoms in total. The van der Waals surface area contributed by atoms with E-state index in [4.69, 9.17) is 5.11 Å². The van der Waals surface area contributed by atoms with Gasteiger partial charge in [0.1, 0.15) is 5.25 Å². The maximum atomic E-state index is 12.6. The largest absolute Gasteiger partial charge is 0.478 e. The Morgan fingerprint density at radius 1 is 1.25 bits per heavy atom. The Hall–Kier alpha value is -2.40. The first kappa shape index (κ1) is 20.3. The Morgan fingerprint density at radius 2 is 1.96 bits per heavy atom. The van der Waals surface area contributed by atoms with Crippen molar-refractivity contribution in [2.24, 2.45) is 4.99 Å². The summed E-state index contributed by atoms with van der Waals surface area (Å²) in [6, 6.07) is 13.5. The van der Waals surface area contributed by atoms with Crippen LogP contribution in [-0.2, 0) is 9.59 Å². The molecule has 3 rings (SSSR count). The van der Waals surface area contributed by atoms with Crippen molar-refractivity contribution in [1.82, 2.24) is 4.90 Å². The van der Waals surface area contributed by atoms with Crippen LogP contribution in [0.5, 0.6) is 0 Å². The zero-order valence-electron chi connectivity index (χ0n) is 14.8. The number of aromatic carboxylic acids is 1. The number of amides is 2. The van der Waals surface area contributed by atoms with Crippen LogP contribution < -0.4 is 5.32 Å². The number of thioether (sulfide) groups is 1. The van der Waals surface area contributed by atoms with Gasteiger partial charge in [-0.05, 0) is 65.1 Å². The van der Waals surface area contributed by atoms with E-state index < -0.39 is 11.2 Å². The molecule has 9 heteroatoms. The summed E-state index contributed by atoms with van der Waals surface area (Å²) in [6.07, 6.45) is 0.0390. The number of anilines is 1. The number of carbonyl (C=O) groups is 3. The van der Waals surface area contributed by atoms with Crippen LogP contribution in [-0.4, -0.2) is 45.3 Å². The van der Waals surface area contributed by atoms with E-state index in [2.05, 4.69) is 32.9 Å². The summed E-state index contributed by atoms with van der Waals surface area (Å²) in [5, 5.41) is 11.5. The molecule has 0 aliphatic carbocycles. The van der Waals surface area contributed by atoms with E-state index >= 15 is 0 Å². The van der Waals surface area contributed by atoms with Gasteiger partial charge in [0, 0.05) is 22.7 Å². The smallest absolute Gasteiger partial charge is 0.335 e. The minimum atomic E-state index is -1.08. The van der Waals surface area contributed by atoms with E-state index in [9.17, 15) is 14.4 Å². The molecule has 1 unspecified atom stereocenters. The van der Waals surface area contributed by atoms with Gasteiger partial charge in [-0.3, -0.25) is 14.5 Å². The normalized spacial score (nSPS) is 18.2. The first-order valence-electron chi connectivity index (χ1n) is 8.25. The van der Waals surface area contributed by atoms with E-state index in [-0.39, 0.29) is 23.8 Å². The van der Waals surface area contributed by atoms with Gasteiger partial charge in [-0.1, -0.05) is 17.8 Å². The topological polar surface area (TPSA) is 99.1 Å². The van der Waals surface area contributed by atoms with Crippen LogP contribution in [0.1, 0.15) is 16.8 Å². The highest BCUT2D eigenvalue weighted by Gasteiger charge is 2.34. The molecule has 1 heterocycles. The lowest BCUT2D eigenvalue weighted by Crippen LogP contribution is -2.43. The van der Waals surface area contributed by atoms with Gasteiger partial charge < -0.3 is 10.4 Å². The molecular weight excluding hydrogens is 493 g/mol. The van der Waals surface area contributed by atoms with E-state index in [1.807, 2.05) is 24.3 Å². The summed E-state index contributed by atoms with van der Waals surface area (Å²) < 4.78 is 1.07. The molecule has 28 heavy (non-hydrogen) atoms. The zero-order chi connectivity index (χ0) is 20.3. The summed E-state index contributed by atoms with van der Waals surface area (Å²) in [5.74, 6) is -1.65. The highest BCUT2D eigenvalue weighted by Crippen LogP contribution is 2.29. The molecule has 0 radical (unpaired) electrons. The van der Waals surface area contributed by atoms with Crippen LogP contribution >= 0.6 is 34.4 Å². The van der Waals surface area contributed by atoms with Gasteiger partial charge in [-0.15, -0.1) is 0 Å². The summed E-state index contributed by atoms with van der Waals surface area (Å²) in [6.45, 7) is 0. The molecule has 1 aliphatic heterocycles. The third-order valence-corrected chi connectivity index (χ3v) is 5.95. The molecule has 2 aromatic carbocycles. The van der Waals surface area contributed by atoms with Crippen LogP contribution in [0, 0.1) is 3.57 Å². The number of carboxylic acid groups (broad SMARTS) is 1. The molecule has 1 fully saturated rings. The monoisotopic (exact) mass is 509 g/mol. The summed E-state index contributed by atoms with van der Waals surface area (Å²) >= 11 is 3.40. The lowest BCUT2D eigenvalue weighted by atomic mass is 10.2. The molecule has 144 valence electrons. The number of nitrogens with one attached hydrogen (secondary N) is 1. The molecule has 1 atom stereocenters. The van der Waals surface area contributed by atoms with E-state index in [1.54, 1.807) is 19.2 Å². The molecule has 1 saturated heterocycles. The van der Waals surface area contributed by atoms with Gasteiger partial charge in [-0.25, -0.2) is 9.79 Å². The average Bonchev–Trinajstić information content (AvgIpc) is 2.67. The SMILES string of the molecule is CN1C(=O)CC(C(=O)Nc2cccc(C(=O)O)c2)SC1=Nc1ccc(I)cc1. The second-order valence-corrected chi connectivity index (χ2v) is 8.42. The Labute approximate surface area is 179 Å². The Balaban J connectivity index is 1.77. The predicted octanol–water partition coefficient (Wildman–Crippen LogP) is 3.58. The molecular formula is C19H16IN3O4S. The number of carbonyl (C=O) groups excluding carboxylic acids is 2. The van der Waals surface area contributed by atoms with Crippen LogP contribution in [0.15, 0.2) is 53.5 Å². The van der Waals surface area contributed by atoms with Crippen molar-refractivity contribution in [1.29, 1.82) is 0 Å². The molecule has 0 aromatic heterocycles. The number of benzene rings is 2. The Morgan fingerprint density at radius 3 is 2.64 bits per heavy atom.